The lowest BCUT2D eigenvalue weighted by atomic mass is 9.50. The first-order valence-electron chi connectivity index (χ1n) is 4.93. The second-order valence-corrected chi connectivity index (χ2v) is 4.51. The minimum Gasteiger partial charge on any atom is -0.0655 e. The van der Waals surface area contributed by atoms with Gasteiger partial charge in [-0.2, -0.15) is 0 Å². The fourth-order valence-electron chi connectivity index (χ4n) is 1.63. The third kappa shape index (κ3) is 2.01. The van der Waals surface area contributed by atoms with E-state index < -0.39 is 0 Å². The van der Waals surface area contributed by atoms with Crippen molar-refractivity contribution in [1.82, 2.24) is 0 Å². The molecule has 0 amide bonds. The van der Waals surface area contributed by atoms with Crippen LogP contribution in [0.1, 0.15) is 53.9 Å². The molecule has 0 nitrogen and oxygen atoms in total. The predicted molar refractivity (Wildman–Crippen MR) is 55.9 cm³/mol. The first-order chi connectivity index (χ1) is 4.93. The molecule has 0 unspecified atom stereocenters. The Bertz CT molecular complexity index is 112. The molecule has 0 rings (SSSR count). The molecule has 1 heteroatoms. The average Bonchev–Trinajstić information content (AvgIpc) is 2.02. The lowest BCUT2D eigenvalue weighted by molar-refractivity contribution is 0.210. The van der Waals surface area contributed by atoms with Crippen molar-refractivity contribution in [2.45, 2.75) is 59.2 Å². The maximum absolute atomic E-state index is 2.41. The topological polar surface area (TPSA) is 0 Å². The van der Waals surface area contributed by atoms with Crippen LogP contribution in [0, 0.1) is 5.41 Å². The molecule has 0 fully saturated rings. The molecule has 0 heterocycles. The molecule has 0 aliphatic heterocycles. The number of hydrogen-bond donors (Lipinski definition) is 0. The van der Waals surface area contributed by atoms with Crippen LogP contribution in [0.3, 0.4) is 0 Å². The molecule has 0 aromatic carbocycles. The van der Waals surface area contributed by atoms with Crippen molar-refractivity contribution in [3.8, 4) is 0 Å². The third-order valence-corrected chi connectivity index (χ3v) is 4.08. The molecule has 0 aromatic heterocycles. The van der Waals surface area contributed by atoms with Gasteiger partial charge >= 0.3 is 0 Å². The zero-order valence-corrected chi connectivity index (χ0v) is 9.12. The summed E-state index contributed by atoms with van der Waals surface area (Å²) in [5.74, 6) is 0. The van der Waals surface area contributed by atoms with E-state index >= 15 is 0 Å². The van der Waals surface area contributed by atoms with Gasteiger partial charge in [0.2, 0.25) is 0 Å². The fourth-order valence-corrected chi connectivity index (χ4v) is 1.63. The van der Waals surface area contributed by atoms with Gasteiger partial charge in [-0.3, -0.25) is 0 Å². The van der Waals surface area contributed by atoms with Crippen molar-refractivity contribution in [2.24, 2.45) is 5.41 Å². The molecule has 0 aliphatic carbocycles. The molecule has 0 saturated heterocycles. The maximum atomic E-state index is 2.41. The lowest BCUT2D eigenvalue weighted by Crippen LogP contribution is -2.30. The molecule has 66 valence electrons. The summed E-state index contributed by atoms with van der Waals surface area (Å²) in [6.45, 7) is 11.7. The summed E-state index contributed by atoms with van der Waals surface area (Å²) in [5.41, 5.74) is 0.497. The van der Waals surface area contributed by atoms with E-state index in [4.69, 9.17) is 0 Å². The zero-order valence-electron chi connectivity index (χ0n) is 9.12. The first kappa shape index (κ1) is 11.1. The standard InChI is InChI=1S/C10H23B/c1-6-9(4,5)10(11,7-2)8-3/h6-8,11H2,1-5H3. The molecule has 0 aliphatic rings. The van der Waals surface area contributed by atoms with E-state index in [-0.39, 0.29) is 0 Å². The second kappa shape index (κ2) is 3.64. The Hall–Kier alpha value is 0.0649. The Labute approximate surface area is 73.2 Å². The lowest BCUT2D eigenvalue weighted by Gasteiger charge is -2.43. The summed E-state index contributed by atoms with van der Waals surface area (Å²) in [6.07, 6.45) is 3.87. The normalized spacial score (nSPS) is 13.5. The Morgan fingerprint density at radius 1 is 0.909 bits per heavy atom. The maximum Gasteiger partial charge on any atom is 0.110 e. The van der Waals surface area contributed by atoms with Crippen molar-refractivity contribution in [3.63, 3.8) is 0 Å². The van der Waals surface area contributed by atoms with Gasteiger partial charge in [0.25, 0.3) is 0 Å². The minimum atomic E-state index is 0.497. The van der Waals surface area contributed by atoms with Gasteiger partial charge in [-0.05, 0) is 5.41 Å². The van der Waals surface area contributed by atoms with E-state index in [1.807, 2.05) is 0 Å². The van der Waals surface area contributed by atoms with Crippen LogP contribution in [0.5, 0.6) is 0 Å². The van der Waals surface area contributed by atoms with Gasteiger partial charge in [-0.25, -0.2) is 0 Å². The van der Waals surface area contributed by atoms with Crippen molar-refractivity contribution in [2.75, 3.05) is 0 Å². The van der Waals surface area contributed by atoms with Crippen LogP contribution in [0.15, 0.2) is 0 Å². The van der Waals surface area contributed by atoms with Gasteiger partial charge in [-0.1, -0.05) is 59.2 Å². The predicted octanol–water partition coefficient (Wildman–Crippen LogP) is 3.03. The minimum absolute atomic E-state index is 0.497. The molecule has 0 bridgehead atoms. The van der Waals surface area contributed by atoms with E-state index in [2.05, 4.69) is 42.5 Å². The smallest absolute Gasteiger partial charge is 0.0655 e. The summed E-state index contributed by atoms with van der Waals surface area (Å²) in [7, 11) is 2.41. The van der Waals surface area contributed by atoms with E-state index in [9.17, 15) is 0 Å². The quantitative estimate of drug-likeness (QED) is 0.546. The van der Waals surface area contributed by atoms with E-state index in [1.165, 1.54) is 19.3 Å². The van der Waals surface area contributed by atoms with Gasteiger partial charge in [0.15, 0.2) is 0 Å². The van der Waals surface area contributed by atoms with Crippen LogP contribution >= 0.6 is 0 Å². The molecule has 0 saturated carbocycles. The Morgan fingerprint density at radius 3 is 1.36 bits per heavy atom. The third-order valence-electron chi connectivity index (χ3n) is 4.08. The summed E-state index contributed by atoms with van der Waals surface area (Å²) in [4.78, 5) is 0. The monoisotopic (exact) mass is 154 g/mol. The van der Waals surface area contributed by atoms with Crippen LogP contribution in [-0.2, 0) is 0 Å². The van der Waals surface area contributed by atoms with Gasteiger partial charge < -0.3 is 0 Å². The van der Waals surface area contributed by atoms with Crippen molar-refractivity contribution in [3.05, 3.63) is 0 Å². The largest absolute Gasteiger partial charge is 0.110 e. The average molecular weight is 154 g/mol. The number of hydrogen-bond acceptors (Lipinski definition) is 0. The Balaban J connectivity index is 4.47. The molecular formula is C10H23B. The van der Waals surface area contributed by atoms with Crippen molar-refractivity contribution < 1.29 is 0 Å². The fraction of sp³-hybridized carbons (Fsp3) is 1.00. The van der Waals surface area contributed by atoms with Crippen LogP contribution in [-0.4, -0.2) is 7.85 Å². The first-order valence-corrected chi connectivity index (χ1v) is 4.93. The van der Waals surface area contributed by atoms with Gasteiger partial charge in [0, 0.05) is 0 Å². The molecule has 11 heavy (non-hydrogen) atoms. The number of rotatable bonds is 4. The summed E-state index contributed by atoms with van der Waals surface area (Å²) >= 11 is 0. The van der Waals surface area contributed by atoms with Crippen molar-refractivity contribution in [1.29, 1.82) is 0 Å². The zero-order chi connectivity index (χ0) is 9.12. The van der Waals surface area contributed by atoms with Gasteiger partial charge in [-0.15, -0.1) is 0 Å². The van der Waals surface area contributed by atoms with Gasteiger partial charge in [0.1, 0.15) is 7.85 Å². The molecule has 0 atom stereocenters. The molecule has 0 radical (unpaired) electrons. The van der Waals surface area contributed by atoms with E-state index in [1.54, 1.807) is 0 Å². The molecule has 0 N–H and O–H groups in total. The summed E-state index contributed by atoms with van der Waals surface area (Å²) in [5, 5.41) is 0.530. The molecular weight excluding hydrogens is 131 g/mol. The Morgan fingerprint density at radius 2 is 1.27 bits per heavy atom. The van der Waals surface area contributed by atoms with Crippen LogP contribution in [0.4, 0.5) is 0 Å². The highest BCUT2D eigenvalue weighted by atomic mass is 14.4. The molecule has 0 aromatic rings. The van der Waals surface area contributed by atoms with Crippen LogP contribution in [0.25, 0.3) is 0 Å². The van der Waals surface area contributed by atoms with E-state index in [0.29, 0.717) is 10.7 Å². The highest BCUT2D eigenvalue weighted by Crippen LogP contribution is 2.50. The SMILES string of the molecule is BC(CC)(CC)C(C)(C)CC. The Kier molecular flexibility index (Phi) is 3.67. The van der Waals surface area contributed by atoms with E-state index in [0.717, 1.165) is 0 Å². The van der Waals surface area contributed by atoms with Gasteiger partial charge in [0.05, 0.1) is 0 Å². The van der Waals surface area contributed by atoms with Crippen molar-refractivity contribution >= 4 is 7.85 Å². The summed E-state index contributed by atoms with van der Waals surface area (Å²) in [6, 6.07) is 0. The highest BCUT2D eigenvalue weighted by molar-refractivity contribution is 6.15. The van der Waals surface area contributed by atoms with Crippen LogP contribution < -0.4 is 0 Å². The second-order valence-electron chi connectivity index (χ2n) is 4.51. The summed E-state index contributed by atoms with van der Waals surface area (Å²) < 4.78 is 0. The molecule has 0 spiro atoms. The highest BCUT2D eigenvalue weighted by Gasteiger charge is 2.35. The van der Waals surface area contributed by atoms with Crippen LogP contribution in [0.2, 0.25) is 5.31 Å².